The van der Waals surface area contributed by atoms with E-state index in [0.29, 0.717) is 25.5 Å². The fraction of sp³-hybridized carbons (Fsp3) is 0.600. The van der Waals surface area contributed by atoms with Gasteiger partial charge in [0.25, 0.3) is 0 Å². The highest BCUT2D eigenvalue weighted by molar-refractivity contribution is 5.29. The van der Waals surface area contributed by atoms with Gasteiger partial charge in [-0.2, -0.15) is 0 Å². The number of hydrogen-bond acceptors (Lipinski definition) is 3. The first-order valence-corrected chi connectivity index (χ1v) is 6.90. The lowest BCUT2D eigenvalue weighted by molar-refractivity contribution is 0.199. The van der Waals surface area contributed by atoms with Crippen LogP contribution in [0.4, 0.5) is 4.39 Å². The van der Waals surface area contributed by atoms with Crippen LogP contribution in [0.1, 0.15) is 24.8 Å². The van der Waals surface area contributed by atoms with Crippen molar-refractivity contribution in [2.24, 2.45) is 5.92 Å². The number of nitrogens with one attached hydrogen (secondary N) is 1. The minimum Gasteiger partial charge on any atom is -0.491 e. The van der Waals surface area contributed by atoms with Gasteiger partial charge >= 0.3 is 0 Å². The number of hydrogen-bond donors (Lipinski definition) is 1. The molecule has 0 amide bonds. The number of benzene rings is 1. The number of rotatable bonds is 9. The summed E-state index contributed by atoms with van der Waals surface area (Å²) in [5.41, 5.74) is 0.920. The Morgan fingerprint density at radius 2 is 2.16 bits per heavy atom. The van der Waals surface area contributed by atoms with Crippen LogP contribution in [0.15, 0.2) is 18.2 Å². The molecule has 1 N–H and O–H groups in total. The van der Waals surface area contributed by atoms with E-state index in [1.54, 1.807) is 13.2 Å². The van der Waals surface area contributed by atoms with Gasteiger partial charge in [-0.1, -0.05) is 18.9 Å². The van der Waals surface area contributed by atoms with Crippen molar-refractivity contribution in [3.63, 3.8) is 0 Å². The molecule has 1 aromatic carbocycles. The highest BCUT2D eigenvalue weighted by atomic mass is 19.1. The Morgan fingerprint density at radius 3 is 2.84 bits per heavy atom. The summed E-state index contributed by atoms with van der Waals surface area (Å²) in [6, 6.07) is 5.15. The van der Waals surface area contributed by atoms with Crippen molar-refractivity contribution in [3.8, 4) is 5.75 Å². The Bertz CT molecular complexity index is 394. The Hall–Kier alpha value is -1.13. The normalized spacial score (nSPS) is 14.6. The molecule has 0 unspecified atom stereocenters. The van der Waals surface area contributed by atoms with Gasteiger partial charge in [0.2, 0.25) is 0 Å². The van der Waals surface area contributed by atoms with Crippen molar-refractivity contribution in [3.05, 3.63) is 29.6 Å². The molecule has 19 heavy (non-hydrogen) atoms. The van der Waals surface area contributed by atoms with Gasteiger partial charge in [0.05, 0.1) is 13.2 Å². The highest BCUT2D eigenvalue weighted by Gasteiger charge is 2.20. The first-order chi connectivity index (χ1) is 9.29. The largest absolute Gasteiger partial charge is 0.491 e. The summed E-state index contributed by atoms with van der Waals surface area (Å²) in [6.07, 6.45) is 3.65. The van der Waals surface area contributed by atoms with Gasteiger partial charge < -0.3 is 14.8 Å². The van der Waals surface area contributed by atoms with E-state index >= 15 is 0 Å². The molecule has 0 radical (unpaired) electrons. The second kappa shape index (κ2) is 7.46. The molecule has 0 heterocycles. The average Bonchev–Trinajstić information content (AvgIpc) is 3.21. The summed E-state index contributed by atoms with van der Waals surface area (Å²) in [7, 11) is 1.66. The van der Waals surface area contributed by atoms with Crippen LogP contribution >= 0.6 is 0 Å². The third-order valence-corrected chi connectivity index (χ3v) is 3.29. The molecular formula is C15H22FNO2. The van der Waals surface area contributed by atoms with Crippen LogP contribution < -0.4 is 10.1 Å². The van der Waals surface area contributed by atoms with Crippen molar-refractivity contribution < 1.29 is 13.9 Å². The highest BCUT2D eigenvalue weighted by Crippen LogP contribution is 2.32. The molecular weight excluding hydrogens is 245 g/mol. The third-order valence-electron chi connectivity index (χ3n) is 3.29. The predicted molar refractivity (Wildman–Crippen MR) is 72.8 cm³/mol. The van der Waals surface area contributed by atoms with Crippen LogP contribution in [0.25, 0.3) is 0 Å². The fourth-order valence-electron chi connectivity index (χ4n) is 1.92. The fourth-order valence-corrected chi connectivity index (χ4v) is 1.92. The average molecular weight is 267 g/mol. The van der Waals surface area contributed by atoms with Crippen molar-refractivity contribution in [1.29, 1.82) is 0 Å². The summed E-state index contributed by atoms with van der Waals surface area (Å²) in [4.78, 5) is 0. The molecule has 106 valence electrons. The van der Waals surface area contributed by atoms with E-state index in [1.165, 1.54) is 18.9 Å². The molecule has 0 atom stereocenters. The van der Waals surface area contributed by atoms with Gasteiger partial charge in [-0.25, -0.2) is 4.39 Å². The quantitative estimate of drug-likeness (QED) is 0.698. The standard InChI is InChI=1S/C15H22FNO2/c1-18-9-7-17-11-13-4-5-15(14(16)10-13)19-8-6-12-2-3-12/h4-5,10,12,17H,2-3,6-9,11H2,1H3. The summed E-state index contributed by atoms with van der Waals surface area (Å²) < 4.78 is 24.2. The van der Waals surface area contributed by atoms with Gasteiger partial charge in [-0.3, -0.25) is 0 Å². The first kappa shape index (κ1) is 14.3. The molecule has 4 heteroatoms. The van der Waals surface area contributed by atoms with Crippen molar-refractivity contribution >= 4 is 0 Å². The molecule has 2 rings (SSSR count). The molecule has 1 fully saturated rings. The summed E-state index contributed by atoms with van der Waals surface area (Å²) in [6.45, 7) is 2.68. The Labute approximate surface area is 114 Å². The third kappa shape index (κ3) is 5.17. The maximum absolute atomic E-state index is 13.8. The lowest BCUT2D eigenvalue weighted by atomic mass is 10.2. The lowest BCUT2D eigenvalue weighted by Crippen LogP contribution is -2.18. The molecule has 1 aliphatic carbocycles. The molecule has 0 bridgehead atoms. The first-order valence-electron chi connectivity index (χ1n) is 6.90. The smallest absolute Gasteiger partial charge is 0.165 e. The van der Waals surface area contributed by atoms with E-state index in [4.69, 9.17) is 9.47 Å². The molecule has 0 aliphatic heterocycles. The number of methoxy groups -OCH3 is 1. The molecule has 0 aromatic heterocycles. The number of ether oxygens (including phenoxy) is 2. The zero-order valence-electron chi connectivity index (χ0n) is 11.5. The van der Waals surface area contributed by atoms with Gasteiger partial charge in [0, 0.05) is 20.2 Å². The monoisotopic (exact) mass is 267 g/mol. The second-order valence-electron chi connectivity index (χ2n) is 5.01. The molecule has 0 spiro atoms. The Balaban J connectivity index is 1.74. The van der Waals surface area contributed by atoms with Crippen LogP contribution in [-0.2, 0) is 11.3 Å². The molecule has 1 aliphatic rings. The summed E-state index contributed by atoms with van der Waals surface area (Å²) in [5, 5.41) is 3.18. The van der Waals surface area contributed by atoms with Crippen molar-refractivity contribution in [1.82, 2.24) is 5.32 Å². The molecule has 3 nitrogen and oxygen atoms in total. The van der Waals surface area contributed by atoms with Crippen LogP contribution in [-0.4, -0.2) is 26.9 Å². The van der Waals surface area contributed by atoms with E-state index in [1.807, 2.05) is 6.07 Å². The Kier molecular flexibility index (Phi) is 5.61. The van der Waals surface area contributed by atoms with Gasteiger partial charge in [-0.15, -0.1) is 0 Å². The summed E-state index contributed by atoms with van der Waals surface area (Å²) >= 11 is 0. The van der Waals surface area contributed by atoms with Crippen LogP contribution in [0, 0.1) is 11.7 Å². The SMILES string of the molecule is COCCNCc1ccc(OCCC2CC2)c(F)c1. The maximum Gasteiger partial charge on any atom is 0.165 e. The maximum atomic E-state index is 13.8. The van der Waals surface area contributed by atoms with Gasteiger partial charge in [0.15, 0.2) is 11.6 Å². The van der Waals surface area contributed by atoms with E-state index in [2.05, 4.69) is 5.32 Å². The van der Waals surface area contributed by atoms with Crippen LogP contribution in [0.5, 0.6) is 5.75 Å². The molecule has 1 aromatic rings. The van der Waals surface area contributed by atoms with E-state index < -0.39 is 0 Å². The number of halogens is 1. The minimum atomic E-state index is -0.276. The van der Waals surface area contributed by atoms with Gasteiger partial charge in [0.1, 0.15) is 0 Å². The second-order valence-corrected chi connectivity index (χ2v) is 5.01. The van der Waals surface area contributed by atoms with E-state index in [-0.39, 0.29) is 5.82 Å². The predicted octanol–water partition coefficient (Wildman–Crippen LogP) is 2.74. The summed E-state index contributed by atoms with van der Waals surface area (Å²) in [5.74, 6) is 0.899. The minimum absolute atomic E-state index is 0.276. The van der Waals surface area contributed by atoms with Crippen molar-refractivity contribution in [2.45, 2.75) is 25.8 Å². The topological polar surface area (TPSA) is 30.5 Å². The molecule has 1 saturated carbocycles. The van der Waals surface area contributed by atoms with Gasteiger partial charge in [-0.05, 0) is 30.0 Å². The van der Waals surface area contributed by atoms with Crippen LogP contribution in [0.2, 0.25) is 0 Å². The van der Waals surface area contributed by atoms with E-state index in [0.717, 1.165) is 24.4 Å². The Morgan fingerprint density at radius 1 is 1.32 bits per heavy atom. The van der Waals surface area contributed by atoms with E-state index in [9.17, 15) is 4.39 Å². The molecule has 0 saturated heterocycles. The lowest BCUT2D eigenvalue weighted by Gasteiger charge is -2.09. The van der Waals surface area contributed by atoms with Crippen LogP contribution in [0.3, 0.4) is 0 Å². The van der Waals surface area contributed by atoms with Crippen molar-refractivity contribution in [2.75, 3.05) is 26.9 Å². The zero-order valence-corrected chi connectivity index (χ0v) is 11.5. The zero-order chi connectivity index (χ0) is 13.5.